The third kappa shape index (κ3) is 1.97. The van der Waals surface area contributed by atoms with Crippen molar-refractivity contribution in [2.45, 2.75) is 26.4 Å². The highest BCUT2D eigenvalue weighted by Gasteiger charge is 2.25. The van der Waals surface area contributed by atoms with E-state index in [4.69, 9.17) is 10.5 Å². The fraction of sp³-hybridized carbons (Fsp3) is 0.500. The highest BCUT2D eigenvalue weighted by Crippen LogP contribution is 2.27. The van der Waals surface area contributed by atoms with Crippen LogP contribution in [0.25, 0.3) is 0 Å². The number of hydrogen-bond donors (Lipinski definition) is 1. The minimum Gasteiger partial charge on any atom is -0.372 e. The second kappa shape index (κ2) is 4.11. The molecule has 0 radical (unpaired) electrons. The maximum absolute atomic E-state index is 5.74. The number of benzene rings is 1. The van der Waals surface area contributed by atoms with Gasteiger partial charge >= 0.3 is 0 Å². The molecule has 2 N–H and O–H groups in total. The molecule has 78 valence electrons. The smallest absolute Gasteiger partial charge is 0.102 e. The summed E-state index contributed by atoms with van der Waals surface area (Å²) in [7, 11) is 1.70. The molecule has 0 saturated carbocycles. The van der Waals surface area contributed by atoms with E-state index in [0.717, 1.165) is 0 Å². The molecular weight excluding hydrogens is 174 g/mol. The molecule has 2 nitrogen and oxygen atoms in total. The van der Waals surface area contributed by atoms with Crippen molar-refractivity contribution in [3.8, 4) is 0 Å². The van der Waals surface area contributed by atoms with Crippen LogP contribution in [0, 0.1) is 13.8 Å². The fourth-order valence-electron chi connectivity index (χ4n) is 1.61. The van der Waals surface area contributed by atoms with E-state index in [0.29, 0.717) is 6.54 Å². The Balaban J connectivity index is 3.22. The Bertz CT molecular complexity index is 316. The van der Waals surface area contributed by atoms with Crippen LogP contribution in [0.1, 0.15) is 23.6 Å². The first-order valence-corrected chi connectivity index (χ1v) is 4.86. The molecule has 14 heavy (non-hydrogen) atoms. The maximum atomic E-state index is 5.74. The van der Waals surface area contributed by atoms with Crippen molar-refractivity contribution in [3.05, 3.63) is 34.9 Å². The first-order chi connectivity index (χ1) is 6.53. The van der Waals surface area contributed by atoms with Gasteiger partial charge in [0.15, 0.2) is 0 Å². The van der Waals surface area contributed by atoms with Crippen LogP contribution in [0.15, 0.2) is 18.2 Å². The first-order valence-electron chi connectivity index (χ1n) is 4.86. The van der Waals surface area contributed by atoms with Gasteiger partial charge in [0, 0.05) is 13.7 Å². The Morgan fingerprint density at radius 2 is 2.00 bits per heavy atom. The summed E-state index contributed by atoms with van der Waals surface area (Å²) in [6.07, 6.45) is 0. The summed E-state index contributed by atoms with van der Waals surface area (Å²) in [5.74, 6) is 0. The summed E-state index contributed by atoms with van der Waals surface area (Å²) in [6, 6.07) is 6.36. The van der Waals surface area contributed by atoms with E-state index in [1.807, 2.05) is 6.92 Å². The first kappa shape index (κ1) is 11.2. The van der Waals surface area contributed by atoms with E-state index in [2.05, 4.69) is 32.0 Å². The van der Waals surface area contributed by atoms with Crippen molar-refractivity contribution in [1.82, 2.24) is 0 Å². The van der Waals surface area contributed by atoms with Gasteiger partial charge in [-0.1, -0.05) is 23.8 Å². The maximum Gasteiger partial charge on any atom is 0.102 e. The van der Waals surface area contributed by atoms with E-state index in [1.165, 1.54) is 16.7 Å². The molecule has 0 spiro atoms. The topological polar surface area (TPSA) is 35.2 Å². The largest absolute Gasteiger partial charge is 0.372 e. The molecule has 1 atom stereocenters. The second-order valence-electron chi connectivity index (χ2n) is 3.96. The predicted molar refractivity (Wildman–Crippen MR) is 59.3 cm³/mol. The van der Waals surface area contributed by atoms with Crippen molar-refractivity contribution in [1.29, 1.82) is 0 Å². The van der Waals surface area contributed by atoms with Gasteiger partial charge in [0.05, 0.1) is 0 Å². The lowest BCUT2D eigenvalue weighted by molar-refractivity contribution is 0.00952. The number of hydrogen-bond acceptors (Lipinski definition) is 2. The highest BCUT2D eigenvalue weighted by atomic mass is 16.5. The molecule has 1 aromatic rings. The molecule has 1 aromatic carbocycles. The minimum absolute atomic E-state index is 0.365. The molecule has 0 amide bonds. The Kier molecular flexibility index (Phi) is 3.29. The van der Waals surface area contributed by atoms with Crippen LogP contribution in [0.3, 0.4) is 0 Å². The minimum atomic E-state index is -0.365. The van der Waals surface area contributed by atoms with Crippen LogP contribution >= 0.6 is 0 Å². The molecule has 0 aliphatic carbocycles. The standard InChI is InChI=1S/C12H19NO/c1-9-5-6-10(2)11(7-9)12(3,8-13)14-4/h5-7H,8,13H2,1-4H3. The average Bonchev–Trinajstić information content (AvgIpc) is 2.20. The Labute approximate surface area is 86.1 Å². The number of rotatable bonds is 3. The lowest BCUT2D eigenvalue weighted by Crippen LogP contribution is -2.34. The molecule has 0 bridgehead atoms. The number of methoxy groups -OCH3 is 1. The van der Waals surface area contributed by atoms with Gasteiger partial charge in [-0.15, -0.1) is 0 Å². The van der Waals surface area contributed by atoms with Gasteiger partial charge in [-0.3, -0.25) is 0 Å². The summed E-state index contributed by atoms with van der Waals surface area (Å²) in [4.78, 5) is 0. The lowest BCUT2D eigenvalue weighted by atomic mass is 9.90. The number of ether oxygens (including phenoxy) is 1. The van der Waals surface area contributed by atoms with Crippen LogP contribution in [0.4, 0.5) is 0 Å². The van der Waals surface area contributed by atoms with Gasteiger partial charge in [-0.2, -0.15) is 0 Å². The van der Waals surface area contributed by atoms with Crippen molar-refractivity contribution in [3.63, 3.8) is 0 Å². The number of nitrogens with two attached hydrogens (primary N) is 1. The van der Waals surface area contributed by atoms with E-state index in [9.17, 15) is 0 Å². The molecule has 2 heteroatoms. The van der Waals surface area contributed by atoms with Gasteiger partial charge in [0.2, 0.25) is 0 Å². The summed E-state index contributed by atoms with van der Waals surface area (Å²) in [5, 5.41) is 0. The highest BCUT2D eigenvalue weighted by molar-refractivity contribution is 5.35. The molecule has 0 aliphatic rings. The quantitative estimate of drug-likeness (QED) is 0.798. The lowest BCUT2D eigenvalue weighted by Gasteiger charge is -2.29. The van der Waals surface area contributed by atoms with Crippen LogP contribution in [-0.2, 0) is 10.3 Å². The zero-order chi connectivity index (χ0) is 10.8. The fourth-order valence-corrected chi connectivity index (χ4v) is 1.61. The average molecular weight is 193 g/mol. The molecule has 0 aromatic heterocycles. The van der Waals surface area contributed by atoms with E-state index < -0.39 is 0 Å². The third-order valence-corrected chi connectivity index (χ3v) is 2.80. The molecule has 1 rings (SSSR count). The number of aryl methyl sites for hydroxylation is 2. The van der Waals surface area contributed by atoms with Gasteiger partial charge in [0.1, 0.15) is 5.60 Å². The monoisotopic (exact) mass is 193 g/mol. The van der Waals surface area contributed by atoms with Gasteiger partial charge in [0.25, 0.3) is 0 Å². The zero-order valence-electron chi connectivity index (χ0n) is 9.42. The van der Waals surface area contributed by atoms with E-state index in [-0.39, 0.29) is 5.60 Å². The zero-order valence-corrected chi connectivity index (χ0v) is 9.42. The van der Waals surface area contributed by atoms with Crippen molar-refractivity contribution < 1.29 is 4.74 Å². The molecule has 0 saturated heterocycles. The summed E-state index contributed by atoms with van der Waals surface area (Å²) < 4.78 is 5.48. The summed E-state index contributed by atoms with van der Waals surface area (Å²) in [5.41, 5.74) is 9.03. The van der Waals surface area contributed by atoms with Gasteiger partial charge in [-0.05, 0) is 31.9 Å². The third-order valence-electron chi connectivity index (χ3n) is 2.80. The SMILES string of the molecule is COC(C)(CN)c1cc(C)ccc1C. The van der Waals surface area contributed by atoms with Crippen molar-refractivity contribution in [2.75, 3.05) is 13.7 Å². The predicted octanol–water partition coefficient (Wildman–Crippen LogP) is 2.12. The van der Waals surface area contributed by atoms with E-state index >= 15 is 0 Å². The van der Waals surface area contributed by atoms with Crippen LogP contribution in [-0.4, -0.2) is 13.7 Å². The van der Waals surface area contributed by atoms with Crippen LogP contribution in [0.2, 0.25) is 0 Å². The Morgan fingerprint density at radius 1 is 1.36 bits per heavy atom. The van der Waals surface area contributed by atoms with Gasteiger partial charge < -0.3 is 10.5 Å². The second-order valence-corrected chi connectivity index (χ2v) is 3.96. The Morgan fingerprint density at radius 3 is 2.50 bits per heavy atom. The van der Waals surface area contributed by atoms with Crippen LogP contribution in [0.5, 0.6) is 0 Å². The Hall–Kier alpha value is -0.860. The molecule has 0 heterocycles. The van der Waals surface area contributed by atoms with Crippen molar-refractivity contribution >= 4 is 0 Å². The van der Waals surface area contributed by atoms with E-state index in [1.54, 1.807) is 7.11 Å². The summed E-state index contributed by atoms with van der Waals surface area (Å²) >= 11 is 0. The van der Waals surface area contributed by atoms with Crippen molar-refractivity contribution in [2.24, 2.45) is 5.73 Å². The molecule has 0 fully saturated rings. The molecule has 0 aliphatic heterocycles. The molecule has 1 unspecified atom stereocenters. The normalized spacial score (nSPS) is 15.2. The van der Waals surface area contributed by atoms with Gasteiger partial charge in [-0.25, -0.2) is 0 Å². The van der Waals surface area contributed by atoms with Crippen LogP contribution < -0.4 is 5.73 Å². The summed E-state index contributed by atoms with van der Waals surface area (Å²) in [6.45, 7) is 6.68. The molecular formula is C12H19NO.